The van der Waals surface area contributed by atoms with Crippen LogP contribution in [0.4, 0.5) is 0 Å². The van der Waals surface area contributed by atoms with Crippen LogP contribution in [0.3, 0.4) is 0 Å². The maximum Gasteiger partial charge on any atom is 0.339 e. The Balaban J connectivity index is 2.86. The molecule has 1 aromatic carbocycles. The zero-order valence-electron chi connectivity index (χ0n) is 9.83. The number of hydrogen-bond acceptors (Lipinski definition) is 3. The molecule has 0 saturated heterocycles. The van der Waals surface area contributed by atoms with Gasteiger partial charge in [0.2, 0.25) is 0 Å². The molecule has 4 nitrogen and oxygen atoms in total. The van der Waals surface area contributed by atoms with Gasteiger partial charge in [0.15, 0.2) is 0 Å². The first-order valence-electron chi connectivity index (χ1n) is 5.22. The number of benzene rings is 1. The summed E-state index contributed by atoms with van der Waals surface area (Å²) in [6.07, 6.45) is 0.724. The van der Waals surface area contributed by atoms with Crippen molar-refractivity contribution in [3.63, 3.8) is 0 Å². The van der Waals surface area contributed by atoms with E-state index in [4.69, 9.17) is 14.6 Å². The Labute approximate surface area is 109 Å². The molecule has 0 unspecified atom stereocenters. The van der Waals surface area contributed by atoms with Gasteiger partial charge in [-0.1, -0.05) is 15.9 Å². The predicted molar refractivity (Wildman–Crippen MR) is 67.8 cm³/mol. The Morgan fingerprint density at radius 2 is 2.12 bits per heavy atom. The number of ether oxygens (including phenoxy) is 2. The number of carbonyl (C=O) groups is 1. The number of halogens is 1. The summed E-state index contributed by atoms with van der Waals surface area (Å²) in [5.74, 6) is -0.565. The number of carboxylic acid groups (broad SMARTS) is 1. The van der Waals surface area contributed by atoms with Crippen molar-refractivity contribution in [1.29, 1.82) is 0 Å². The van der Waals surface area contributed by atoms with E-state index in [-0.39, 0.29) is 5.56 Å². The van der Waals surface area contributed by atoms with Gasteiger partial charge in [-0.05, 0) is 19.1 Å². The maximum absolute atomic E-state index is 11.1. The van der Waals surface area contributed by atoms with Crippen molar-refractivity contribution in [2.45, 2.75) is 13.3 Å². The third kappa shape index (κ3) is 3.71. The molecule has 0 heterocycles. The van der Waals surface area contributed by atoms with Crippen LogP contribution < -0.4 is 4.74 Å². The molecule has 0 saturated carbocycles. The Morgan fingerprint density at radius 1 is 1.41 bits per heavy atom. The Kier molecular flexibility index (Phi) is 5.44. The molecule has 0 amide bonds. The number of hydrogen-bond donors (Lipinski definition) is 1. The van der Waals surface area contributed by atoms with E-state index in [1.165, 1.54) is 6.07 Å². The first-order chi connectivity index (χ1) is 8.07. The molecule has 0 aliphatic heterocycles. The fraction of sp³-hybridized carbons (Fsp3) is 0.417. The van der Waals surface area contributed by atoms with E-state index in [1.807, 2.05) is 6.92 Å². The van der Waals surface area contributed by atoms with E-state index < -0.39 is 5.97 Å². The zero-order valence-corrected chi connectivity index (χ0v) is 11.4. The van der Waals surface area contributed by atoms with Gasteiger partial charge in [-0.3, -0.25) is 0 Å². The number of rotatable bonds is 6. The van der Waals surface area contributed by atoms with Crippen molar-refractivity contribution < 1.29 is 19.4 Å². The van der Waals surface area contributed by atoms with Crippen LogP contribution in [0.5, 0.6) is 5.75 Å². The molecule has 0 bridgehead atoms. The van der Waals surface area contributed by atoms with Crippen LogP contribution in [0.25, 0.3) is 0 Å². The Bertz CT molecular complexity index is 404. The highest BCUT2D eigenvalue weighted by atomic mass is 79.9. The van der Waals surface area contributed by atoms with Crippen molar-refractivity contribution in [3.8, 4) is 5.75 Å². The van der Waals surface area contributed by atoms with Gasteiger partial charge in [0, 0.05) is 30.2 Å². The molecule has 0 atom stereocenters. The van der Waals surface area contributed by atoms with Crippen molar-refractivity contribution in [2.24, 2.45) is 0 Å². The number of aromatic carboxylic acids is 1. The van der Waals surface area contributed by atoms with E-state index in [1.54, 1.807) is 13.2 Å². The first-order valence-corrected chi connectivity index (χ1v) is 6.01. The fourth-order valence-electron chi connectivity index (χ4n) is 1.40. The Morgan fingerprint density at radius 3 is 2.71 bits per heavy atom. The molecule has 94 valence electrons. The molecule has 0 aliphatic carbocycles. The quantitative estimate of drug-likeness (QED) is 0.821. The van der Waals surface area contributed by atoms with E-state index in [2.05, 4.69) is 15.9 Å². The molecule has 0 radical (unpaired) electrons. The largest absolute Gasteiger partial charge is 0.492 e. The summed E-state index contributed by atoms with van der Waals surface area (Å²) in [4.78, 5) is 11.1. The summed E-state index contributed by atoms with van der Waals surface area (Å²) in [6.45, 7) is 2.85. The summed E-state index contributed by atoms with van der Waals surface area (Å²) in [5, 5.41) is 9.06. The van der Waals surface area contributed by atoms with E-state index >= 15 is 0 Å². The lowest BCUT2D eigenvalue weighted by atomic mass is 10.1. The van der Waals surface area contributed by atoms with Crippen LogP contribution in [-0.2, 0) is 4.74 Å². The summed E-state index contributed by atoms with van der Waals surface area (Å²) in [6, 6.07) is 3.24. The van der Waals surface area contributed by atoms with Crippen LogP contribution in [0.2, 0.25) is 0 Å². The van der Waals surface area contributed by atoms with E-state index in [0.29, 0.717) is 19.0 Å². The second-order valence-electron chi connectivity index (χ2n) is 3.55. The minimum Gasteiger partial charge on any atom is -0.492 e. The first kappa shape index (κ1) is 14.0. The van der Waals surface area contributed by atoms with Crippen LogP contribution in [0.15, 0.2) is 16.6 Å². The van der Waals surface area contributed by atoms with Crippen molar-refractivity contribution in [2.75, 3.05) is 20.3 Å². The van der Waals surface area contributed by atoms with Crippen LogP contribution in [0, 0.1) is 6.92 Å². The minimum absolute atomic E-state index is 0.183. The highest BCUT2D eigenvalue weighted by molar-refractivity contribution is 9.10. The highest BCUT2D eigenvalue weighted by Gasteiger charge is 2.15. The van der Waals surface area contributed by atoms with Crippen molar-refractivity contribution in [1.82, 2.24) is 0 Å². The van der Waals surface area contributed by atoms with Gasteiger partial charge >= 0.3 is 5.97 Å². The summed E-state index contributed by atoms with van der Waals surface area (Å²) < 4.78 is 11.3. The molecular formula is C12H15BrO4. The van der Waals surface area contributed by atoms with Gasteiger partial charge in [-0.25, -0.2) is 4.79 Å². The monoisotopic (exact) mass is 302 g/mol. The third-order valence-electron chi connectivity index (χ3n) is 2.31. The lowest BCUT2D eigenvalue weighted by Crippen LogP contribution is -2.08. The smallest absolute Gasteiger partial charge is 0.339 e. The molecule has 0 spiro atoms. The predicted octanol–water partition coefficient (Wildman–Crippen LogP) is 2.87. The summed E-state index contributed by atoms with van der Waals surface area (Å²) in [5.41, 5.74) is 0.977. The zero-order chi connectivity index (χ0) is 12.8. The lowest BCUT2D eigenvalue weighted by molar-refractivity contribution is 0.0691. The summed E-state index contributed by atoms with van der Waals surface area (Å²) >= 11 is 3.35. The number of carboxylic acids is 1. The van der Waals surface area contributed by atoms with Crippen LogP contribution >= 0.6 is 15.9 Å². The molecule has 1 aromatic rings. The molecule has 1 rings (SSSR count). The SMILES string of the molecule is COCCCOc1c(C(=O)O)ccc(Br)c1C. The average Bonchev–Trinajstić information content (AvgIpc) is 2.29. The average molecular weight is 303 g/mol. The molecule has 17 heavy (non-hydrogen) atoms. The van der Waals surface area contributed by atoms with Gasteiger partial charge < -0.3 is 14.6 Å². The fourth-order valence-corrected chi connectivity index (χ4v) is 1.71. The minimum atomic E-state index is -0.984. The molecule has 0 aliphatic rings. The molecule has 0 fully saturated rings. The lowest BCUT2D eigenvalue weighted by Gasteiger charge is -2.13. The standard InChI is InChI=1S/C12H15BrO4/c1-8-10(13)5-4-9(12(14)15)11(8)17-7-3-6-16-2/h4-5H,3,6-7H2,1-2H3,(H,14,15). The van der Waals surface area contributed by atoms with E-state index in [0.717, 1.165) is 16.5 Å². The molecular weight excluding hydrogens is 288 g/mol. The van der Waals surface area contributed by atoms with Crippen molar-refractivity contribution >= 4 is 21.9 Å². The molecule has 0 aromatic heterocycles. The highest BCUT2D eigenvalue weighted by Crippen LogP contribution is 2.30. The van der Waals surface area contributed by atoms with Gasteiger partial charge in [0.25, 0.3) is 0 Å². The second-order valence-corrected chi connectivity index (χ2v) is 4.40. The van der Waals surface area contributed by atoms with Crippen LogP contribution in [-0.4, -0.2) is 31.4 Å². The molecule has 1 N–H and O–H groups in total. The van der Waals surface area contributed by atoms with Gasteiger partial charge in [0.05, 0.1) is 6.61 Å². The van der Waals surface area contributed by atoms with Gasteiger partial charge in [-0.15, -0.1) is 0 Å². The van der Waals surface area contributed by atoms with Gasteiger partial charge in [0.1, 0.15) is 11.3 Å². The van der Waals surface area contributed by atoms with E-state index in [9.17, 15) is 4.79 Å². The topological polar surface area (TPSA) is 55.8 Å². The second kappa shape index (κ2) is 6.61. The normalized spacial score (nSPS) is 10.3. The summed E-state index contributed by atoms with van der Waals surface area (Å²) in [7, 11) is 1.62. The third-order valence-corrected chi connectivity index (χ3v) is 3.17. The molecule has 5 heteroatoms. The maximum atomic E-state index is 11.1. The number of methoxy groups -OCH3 is 1. The van der Waals surface area contributed by atoms with Crippen molar-refractivity contribution in [3.05, 3.63) is 27.7 Å². The van der Waals surface area contributed by atoms with Gasteiger partial charge in [-0.2, -0.15) is 0 Å². The van der Waals surface area contributed by atoms with Crippen LogP contribution in [0.1, 0.15) is 22.3 Å². The Hall–Kier alpha value is -1.07.